The Bertz CT molecular complexity index is 546. The van der Waals surface area contributed by atoms with Crippen molar-refractivity contribution >= 4 is 11.3 Å². The molecule has 2 aromatic heterocycles. The summed E-state index contributed by atoms with van der Waals surface area (Å²) in [4.78, 5) is 6.84. The lowest BCUT2D eigenvalue weighted by molar-refractivity contribution is 0.153. The van der Waals surface area contributed by atoms with E-state index in [1.54, 1.807) is 11.3 Å². The van der Waals surface area contributed by atoms with E-state index in [0.717, 1.165) is 12.1 Å². The second kappa shape index (κ2) is 6.68. The average molecular weight is 306 g/mol. The van der Waals surface area contributed by atoms with Crippen LogP contribution in [0.2, 0.25) is 0 Å². The largest absolute Gasteiger partial charge is 0.338 e. The molecule has 1 N–H and O–H groups in total. The number of hydrogen-bond donors (Lipinski definition) is 1. The van der Waals surface area contributed by atoms with Crippen molar-refractivity contribution in [1.29, 1.82) is 0 Å². The normalized spacial score (nSPS) is 22.8. The summed E-state index contributed by atoms with van der Waals surface area (Å²) < 4.78 is 5.38. The molecule has 1 saturated carbocycles. The highest BCUT2D eigenvalue weighted by Crippen LogP contribution is 2.24. The summed E-state index contributed by atoms with van der Waals surface area (Å²) in [6.45, 7) is 0.728. The molecule has 0 aromatic carbocycles. The fraction of sp³-hybridized carbons (Fsp3) is 0.600. The summed E-state index contributed by atoms with van der Waals surface area (Å²) in [5.74, 6) is 1.40. The van der Waals surface area contributed by atoms with Gasteiger partial charge in [-0.1, -0.05) is 5.16 Å². The van der Waals surface area contributed by atoms with E-state index < -0.39 is 0 Å². The van der Waals surface area contributed by atoms with Gasteiger partial charge in [0.25, 0.3) is 0 Å². The minimum Gasteiger partial charge on any atom is -0.338 e. The molecule has 0 spiro atoms. The highest BCUT2D eigenvalue weighted by molar-refractivity contribution is 7.08. The number of nitrogens with one attached hydrogen (secondary N) is 1. The van der Waals surface area contributed by atoms with Crippen LogP contribution in [0.25, 0.3) is 11.4 Å². The van der Waals surface area contributed by atoms with E-state index >= 15 is 0 Å². The molecule has 1 fully saturated rings. The molecule has 0 bridgehead atoms. The lowest BCUT2D eigenvalue weighted by atomic mass is 9.90. The smallest absolute Gasteiger partial charge is 0.241 e. The van der Waals surface area contributed by atoms with Crippen molar-refractivity contribution in [2.24, 2.45) is 0 Å². The van der Waals surface area contributed by atoms with Crippen molar-refractivity contribution in [3.8, 4) is 11.4 Å². The maximum Gasteiger partial charge on any atom is 0.241 e. The van der Waals surface area contributed by atoms with Crippen LogP contribution in [0.5, 0.6) is 0 Å². The summed E-state index contributed by atoms with van der Waals surface area (Å²) in [6, 6.07) is 3.32. The van der Waals surface area contributed by atoms with Crippen LogP contribution in [0.4, 0.5) is 0 Å². The highest BCUT2D eigenvalue weighted by Gasteiger charge is 2.24. The van der Waals surface area contributed by atoms with Gasteiger partial charge >= 0.3 is 0 Å². The highest BCUT2D eigenvalue weighted by atomic mass is 32.1. The number of nitrogens with zero attached hydrogens (tertiary/aromatic N) is 3. The minimum absolute atomic E-state index is 0.617. The molecule has 2 aromatic rings. The molecule has 3 rings (SSSR count). The van der Waals surface area contributed by atoms with E-state index in [2.05, 4.69) is 34.5 Å². The average Bonchev–Trinajstić information content (AvgIpc) is 3.18. The predicted octanol–water partition coefficient (Wildman–Crippen LogP) is 2.76. The molecule has 21 heavy (non-hydrogen) atoms. The monoisotopic (exact) mass is 306 g/mol. The first-order chi connectivity index (χ1) is 10.3. The fourth-order valence-electron chi connectivity index (χ4n) is 2.98. The first-order valence-electron chi connectivity index (χ1n) is 7.49. The number of rotatable bonds is 5. The minimum atomic E-state index is 0.617. The number of aromatic nitrogens is 2. The van der Waals surface area contributed by atoms with Gasteiger partial charge in [-0.05, 0) is 51.2 Å². The fourth-order valence-corrected chi connectivity index (χ4v) is 3.61. The molecule has 0 radical (unpaired) electrons. The van der Waals surface area contributed by atoms with E-state index in [9.17, 15) is 0 Å². The third-order valence-corrected chi connectivity index (χ3v) is 5.04. The summed E-state index contributed by atoms with van der Waals surface area (Å²) in [5, 5.41) is 11.5. The van der Waals surface area contributed by atoms with Gasteiger partial charge < -0.3 is 9.84 Å². The molecule has 114 valence electrons. The molecule has 6 heteroatoms. The van der Waals surface area contributed by atoms with Gasteiger partial charge in [-0.2, -0.15) is 16.3 Å². The third-order valence-electron chi connectivity index (χ3n) is 4.36. The predicted molar refractivity (Wildman–Crippen MR) is 84.2 cm³/mol. The summed E-state index contributed by atoms with van der Waals surface area (Å²) in [7, 11) is 4.21. The van der Waals surface area contributed by atoms with Crippen molar-refractivity contribution in [3.05, 3.63) is 22.7 Å². The molecular weight excluding hydrogens is 284 g/mol. The zero-order chi connectivity index (χ0) is 14.7. The second-order valence-corrected chi connectivity index (χ2v) is 6.51. The van der Waals surface area contributed by atoms with Crippen molar-refractivity contribution < 1.29 is 4.52 Å². The van der Waals surface area contributed by atoms with E-state index in [4.69, 9.17) is 4.52 Å². The Morgan fingerprint density at radius 3 is 2.86 bits per heavy atom. The summed E-state index contributed by atoms with van der Waals surface area (Å²) in [5.41, 5.74) is 1.03. The van der Waals surface area contributed by atoms with Gasteiger partial charge in [0.2, 0.25) is 11.7 Å². The standard InChI is InChI=1S/C15H22N4OS/c1-16-12-3-5-13(6-4-12)19(2)9-14-17-15(18-20-14)11-7-8-21-10-11/h7-8,10,12-13,16H,3-6,9H2,1-2H3. The Kier molecular flexibility index (Phi) is 4.67. The Balaban J connectivity index is 1.57. The number of hydrogen-bond acceptors (Lipinski definition) is 6. The Morgan fingerprint density at radius 2 is 2.19 bits per heavy atom. The second-order valence-electron chi connectivity index (χ2n) is 5.73. The molecular formula is C15H22N4OS. The van der Waals surface area contributed by atoms with Gasteiger partial charge in [0.05, 0.1) is 6.54 Å². The van der Waals surface area contributed by atoms with Gasteiger partial charge in [-0.15, -0.1) is 0 Å². The van der Waals surface area contributed by atoms with Crippen LogP contribution in [0.1, 0.15) is 31.6 Å². The Hall–Kier alpha value is -1.24. The van der Waals surface area contributed by atoms with E-state index in [-0.39, 0.29) is 0 Å². The van der Waals surface area contributed by atoms with Crippen LogP contribution >= 0.6 is 11.3 Å². The Labute approximate surface area is 129 Å². The molecule has 0 amide bonds. The van der Waals surface area contributed by atoms with Crippen LogP contribution in [-0.2, 0) is 6.54 Å². The van der Waals surface area contributed by atoms with Crippen molar-refractivity contribution in [1.82, 2.24) is 20.4 Å². The van der Waals surface area contributed by atoms with E-state index in [0.29, 0.717) is 23.8 Å². The lowest BCUT2D eigenvalue weighted by Gasteiger charge is -2.33. The van der Waals surface area contributed by atoms with Crippen LogP contribution in [0, 0.1) is 0 Å². The first-order valence-corrected chi connectivity index (χ1v) is 8.43. The van der Waals surface area contributed by atoms with Crippen molar-refractivity contribution in [3.63, 3.8) is 0 Å². The van der Waals surface area contributed by atoms with Crippen LogP contribution in [0.3, 0.4) is 0 Å². The van der Waals surface area contributed by atoms with Crippen LogP contribution in [0.15, 0.2) is 21.3 Å². The molecule has 1 aliphatic rings. The third kappa shape index (κ3) is 3.51. The van der Waals surface area contributed by atoms with Gasteiger partial charge in [0.15, 0.2) is 0 Å². The van der Waals surface area contributed by atoms with Gasteiger partial charge in [-0.25, -0.2) is 0 Å². The summed E-state index contributed by atoms with van der Waals surface area (Å²) >= 11 is 1.64. The number of thiophene rings is 1. The van der Waals surface area contributed by atoms with Crippen LogP contribution in [-0.4, -0.2) is 41.2 Å². The molecule has 0 aliphatic heterocycles. The van der Waals surface area contributed by atoms with E-state index in [1.807, 2.05) is 16.8 Å². The maximum atomic E-state index is 5.38. The zero-order valence-corrected chi connectivity index (χ0v) is 13.4. The topological polar surface area (TPSA) is 54.2 Å². The van der Waals surface area contributed by atoms with Gasteiger partial charge in [-0.3, -0.25) is 4.90 Å². The molecule has 2 heterocycles. The first kappa shape index (κ1) is 14.7. The molecule has 0 saturated heterocycles. The quantitative estimate of drug-likeness (QED) is 0.920. The van der Waals surface area contributed by atoms with Crippen molar-refractivity contribution in [2.75, 3.05) is 14.1 Å². The molecule has 0 unspecified atom stereocenters. The SMILES string of the molecule is CNC1CCC(N(C)Cc2nc(-c3ccsc3)no2)CC1. The molecule has 5 nitrogen and oxygen atoms in total. The maximum absolute atomic E-state index is 5.38. The molecule has 0 atom stereocenters. The Morgan fingerprint density at radius 1 is 1.38 bits per heavy atom. The lowest BCUT2D eigenvalue weighted by Crippen LogP contribution is -2.39. The van der Waals surface area contributed by atoms with Crippen LogP contribution < -0.4 is 5.32 Å². The van der Waals surface area contributed by atoms with Crippen molar-refractivity contribution in [2.45, 2.75) is 44.3 Å². The zero-order valence-electron chi connectivity index (χ0n) is 12.6. The van der Waals surface area contributed by atoms with Gasteiger partial charge in [0.1, 0.15) is 0 Å². The molecule has 1 aliphatic carbocycles. The summed E-state index contributed by atoms with van der Waals surface area (Å²) in [6.07, 6.45) is 4.95. The van der Waals surface area contributed by atoms with E-state index in [1.165, 1.54) is 25.7 Å². The van der Waals surface area contributed by atoms with Gasteiger partial charge in [0, 0.05) is 23.0 Å².